The minimum Gasteiger partial charge on any atom is -0.339 e. The molecule has 0 fully saturated rings. The lowest BCUT2D eigenvalue weighted by Gasteiger charge is -2.01. The largest absolute Gasteiger partial charge is 0.339 e. The van der Waals surface area contributed by atoms with Gasteiger partial charge in [-0.25, -0.2) is 0 Å². The van der Waals surface area contributed by atoms with Gasteiger partial charge in [0, 0.05) is 29.6 Å². The number of aromatic nitrogens is 3. The average Bonchev–Trinajstić information content (AvgIpc) is 2.95. The number of fused-ring (bicyclic) bond motifs is 1. The SMILES string of the molecule is CC(N)CCCc1nc(-c2ccc3ncccc3c2)no1. The summed E-state index contributed by atoms with van der Waals surface area (Å²) in [5.41, 5.74) is 7.64. The van der Waals surface area contributed by atoms with Gasteiger partial charge in [0.15, 0.2) is 0 Å². The topological polar surface area (TPSA) is 77.8 Å². The van der Waals surface area contributed by atoms with E-state index in [1.54, 1.807) is 6.20 Å². The van der Waals surface area contributed by atoms with Crippen LogP contribution in [0.4, 0.5) is 0 Å². The molecule has 3 aromatic rings. The standard InChI is InChI=1S/C16H18N4O/c1-11(17)4-2-6-15-19-16(20-21-15)13-7-8-14-12(10-13)5-3-9-18-14/h3,5,7-11H,2,4,6,17H2,1H3. The smallest absolute Gasteiger partial charge is 0.226 e. The second kappa shape index (κ2) is 6.01. The van der Waals surface area contributed by atoms with Crippen LogP contribution < -0.4 is 5.73 Å². The maximum Gasteiger partial charge on any atom is 0.226 e. The Hall–Kier alpha value is -2.27. The number of nitrogens with zero attached hydrogens (tertiary/aromatic N) is 3. The fourth-order valence-electron chi connectivity index (χ4n) is 2.26. The highest BCUT2D eigenvalue weighted by molar-refractivity contribution is 5.82. The lowest BCUT2D eigenvalue weighted by Crippen LogP contribution is -2.14. The zero-order chi connectivity index (χ0) is 14.7. The summed E-state index contributed by atoms with van der Waals surface area (Å²) in [5.74, 6) is 1.29. The minimum atomic E-state index is 0.209. The lowest BCUT2D eigenvalue weighted by atomic mass is 10.1. The van der Waals surface area contributed by atoms with Crippen LogP contribution in [0.2, 0.25) is 0 Å². The van der Waals surface area contributed by atoms with E-state index in [0.717, 1.165) is 35.7 Å². The fourth-order valence-corrected chi connectivity index (χ4v) is 2.26. The molecule has 1 unspecified atom stereocenters. The van der Waals surface area contributed by atoms with Gasteiger partial charge in [-0.1, -0.05) is 11.2 Å². The molecule has 21 heavy (non-hydrogen) atoms. The van der Waals surface area contributed by atoms with Crippen molar-refractivity contribution >= 4 is 10.9 Å². The lowest BCUT2D eigenvalue weighted by molar-refractivity contribution is 0.373. The third-order valence-corrected chi connectivity index (χ3v) is 3.38. The van der Waals surface area contributed by atoms with Crippen molar-refractivity contribution in [1.29, 1.82) is 0 Å². The molecular formula is C16H18N4O. The van der Waals surface area contributed by atoms with Gasteiger partial charge in [0.05, 0.1) is 5.52 Å². The Bertz CT molecular complexity index is 736. The van der Waals surface area contributed by atoms with Crippen molar-refractivity contribution in [3.63, 3.8) is 0 Å². The van der Waals surface area contributed by atoms with Crippen molar-refractivity contribution in [2.75, 3.05) is 0 Å². The first-order valence-corrected chi connectivity index (χ1v) is 7.16. The molecule has 1 atom stereocenters. The van der Waals surface area contributed by atoms with E-state index >= 15 is 0 Å². The van der Waals surface area contributed by atoms with Crippen molar-refractivity contribution in [2.24, 2.45) is 5.73 Å². The van der Waals surface area contributed by atoms with E-state index in [1.807, 2.05) is 37.3 Å². The van der Waals surface area contributed by atoms with Gasteiger partial charge in [-0.05, 0) is 44.0 Å². The molecule has 2 aromatic heterocycles. The monoisotopic (exact) mass is 282 g/mol. The molecule has 0 spiro atoms. The van der Waals surface area contributed by atoms with Crippen molar-refractivity contribution in [2.45, 2.75) is 32.2 Å². The van der Waals surface area contributed by atoms with E-state index in [2.05, 4.69) is 15.1 Å². The number of nitrogens with two attached hydrogens (primary N) is 1. The van der Waals surface area contributed by atoms with E-state index in [0.29, 0.717) is 11.7 Å². The molecule has 3 rings (SSSR count). The summed E-state index contributed by atoms with van der Waals surface area (Å²) in [6, 6.07) is 10.1. The van der Waals surface area contributed by atoms with Crippen LogP contribution in [0.5, 0.6) is 0 Å². The highest BCUT2D eigenvalue weighted by atomic mass is 16.5. The summed E-state index contributed by atoms with van der Waals surface area (Å²) in [6.07, 6.45) is 4.47. The van der Waals surface area contributed by atoms with E-state index in [-0.39, 0.29) is 6.04 Å². The molecule has 1 aromatic carbocycles. The quantitative estimate of drug-likeness (QED) is 0.778. The van der Waals surface area contributed by atoms with Crippen LogP contribution >= 0.6 is 0 Å². The number of pyridine rings is 1. The Morgan fingerprint density at radius 1 is 1.29 bits per heavy atom. The van der Waals surface area contributed by atoms with Gasteiger partial charge in [-0.2, -0.15) is 4.98 Å². The van der Waals surface area contributed by atoms with Gasteiger partial charge in [-0.15, -0.1) is 0 Å². The summed E-state index contributed by atoms with van der Waals surface area (Å²) in [5, 5.41) is 5.12. The summed E-state index contributed by atoms with van der Waals surface area (Å²) in [4.78, 5) is 8.75. The van der Waals surface area contributed by atoms with Crippen LogP contribution in [0.3, 0.4) is 0 Å². The molecule has 0 bridgehead atoms. The fraction of sp³-hybridized carbons (Fsp3) is 0.312. The molecule has 5 heteroatoms. The third-order valence-electron chi connectivity index (χ3n) is 3.38. The van der Waals surface area contributed by atoms with Crippen molar-refractivity contribution in [3.05, 3.63) is 42.4 Å². The van der Waals surface area contributed by atoms with Crippen LogP contribution in [0, 0.1) is 0 Å². The molecule has 0 saturated carbocycles. The van der Waals surface area contributed by atoms with E-state index < -0.39 is 0 Å². The van der Waals surface area contributed by atoms with Crippen molar-refractivity contribution in [1.82, 2.24) is 15.1 Å². The molecule has 0 saturated heterocycles. The van der Waals surface area contributed by atoms with Gasteiger partial charge in [0.1, 0.15) is 0 Å². The Labute approximate surface area is 123 Å². The molecule has 0 aliphatic heterocycles. The molecule has 2 N–H and O–H groups in total. The number of benzene rings is 1. The first kappa shape index (κ1) is 13.7. The van der Waals surface area contributed by atoms with E-state index in [9.17, 15) is 0 Å². The number of rotatable bonds is 5. The van der Waals surface area contributed by atoms with Crippen LogP contribution in [-0.2, 0) is 6.42 Å². The summed E-state index contributed by atoms with van der Waals surface area (Å²) in [7, 11) is 0. The molecule has 0 radical (unpaired) electrons. The molecule has 5 nitrogen and oxygen atoms in total. The first-order chi connectivity index (χ1) is 10.2. The van der Waals surface area contributed by atoms with Gasteiger partial charge in [-0.3, -0.25) is 4.98 Å². The first-order valence-electron chi connectivity index (χ1n) is 7.16. The normalized spacial score (nSPS) is 12.7. The molecule has 2 heterocycles. The summed E-state index contributed by atoms with van der Waals surface area (Å²) >= 11 is 0. The zero-order valence-electron chi connectivity index (χ0n) is 12.0. The molecule has 0 aliphatic carbocycles. The highest BCUT2D eigenvalue weighted by Gasteiger charge is 2.09. The number of aryl methyl sites for hydroxylation is 1. The van der Waals surface area contributed by atoms with Gasteiger partial charge in [0.2, 0.25) is 11.7 Å². The van der Waals surface area contributed by atoms with Gasteiger partial charge < -0.3 is 10.3 Å². The van der Waals surface area contributed by atoms with Gasteiger partial charge >= 0.3 is 0 Å². The van der Waals surface area contributed by atoms with Gasteiger partial charge in [0.25, 0.3) is 0 Å². The second-order valence-electron chi connectivity index (χ2n) is 5.29. The Balaban J connectivity index is 1.77. The predicted octanol–water partition coefficient (Wildman–Crippen LogP) is 2.95. The number of hydrogen-bond donors (Lipinski definition) is 1. The van der Waals surface area contributed by atoms with Crippen LogP contribution in [0.25, 0.3) is 22.3 Å². The maximum atomic E-state index is 5.73. The van der Waals surface area contributed by atoms with Crippen molar-refractivity contribution in [3.8, 4) is 11.4 Å². The molecule has 108 valence electrons. The van der Waals surface area contributed by atoms with Crippen LogP contribution in [-0.4, -0.2) is 21.2 Å². The number of hydrogen-bond acceptors (Lipinski definition) is 5. The summed E-state index contributed by atoms with van der Waals surface area (Å²) in [6.45, 7) is 2.00. The molecular weight excluding hydrogens is 264 g/mol. The van der Waals surface area contributed by atoms with Crippen LogP contribution in [0.1, 0.15) is 25.7 Å². The predicted molar refractivity (Wildman–Crippen MR) is 81.6 cm³/mol. The Morgan fingerprint density at radius 2 is 2.19 bits per heavy atom. The minimum absolute atomic E-state index is 0.209. The second-order valence-corrected chi connectivity index (χ2v) is 5.29. The summed E-state index contributed by atoms with van der Waals surface area (Å²) < 4.78 is 5.30. The zero-order valence-corrected chi connectivity index (χ0v) is 12.0. The maximum absolute atomic E-state index is 5.73. The van der Waals surface area contributed by atoms with E-state index in [1.165, 1.54) is 0 Å². The van der Waals surface area contributed by atoms with Crippen molar-refractivity contribution < 1.29 is 4.52 Å². The Morgan fingerprint density at radius 3 is 3.05 bits per heavy atom. The average molecular weight is 282 g/mol. The highest BCUT2D eigenvalue weighted by Crippen LogP contribution is 2.21. The van der Waals surface area contributed by atoms with Crippen LogP contribution in [0.15, 0.2) is 41.1 Å². The molecule has 0 amide bonds. The van der Waals surface area contributed by atoms with E-state index in [4.69, 9.17) is 10.3 Å². The molecule has 0 aliphatic rings. The third kappa shape index (κ3) is 3.25. The Kier molecular flexibility index (Phi) is 3.92.